The van der Waals surface area contributed by atoms with Crippen LogP contribution in [0.4, 0.5) is 4.39 Å². The van der Waals surface area contributed by atoms with E-state index in [0.29, 0.717) is 10.8 Å². The quantitative estimate of drug-likeness (QED) is 0.633. The minimum atomic E-state index is -0.308. The van der Waals surface area contributed by atoms with Gasteiger partial charge in [0.1, 0.15) is 5.82 Å². The Morgan fingerprint density at radius 2 is 2.04 bits per heavy atom. The summed E-state index contributed by atoms with van der Waals surface area (Å²) < 4.78 is 15.2. The number of rotatable bonds is 6. The van der Waals surface area contributed by atoms with Crippen LogP contribution in [0, 0.1) is 19.7 Å². The summed E-state index contributed by atoms with van der Waals surface area (Å²) in [5.74, 6) is -0.141. The molecule has 27 heavy (non-hydrogen) atoms. The van der Waals surface area contributed by atoms with Crippen molar-refractivity contribution in [1.29, 1.82) is 0 Å². The molecule has 2 aromatic carbocycles. The van der Waals surface area contributed by atoms with Crippen molar-refractivity contribution in [3.63, 3.8) is 0 Å². The van der Waals surface area contributed by atoms with Gasteiger partial charge in [-0.05, 0) is 55.7 Å². The fourth-order valence-electron chi connectivity index (χ4n) is 2.75. The van der Waals surface area contributed by atoms with Crippen molar-refractivity contribution in [2.75, 3.05) is 5.75 Å². The number of amides is 1. The molecule has 1 aromatic heterocycles. The van der Waals surface area contributed by atoms with E-state index in [4.69, 9.17) is 0 Å². The Balaban J connectivity index is 1.61. The number of carbonyl (C=O) groups is 1. The van der Waals surface area contributed by atoms with E-state index < -0.39 is 0 Å². The van der Waals surface area contributed by atoms with Crippen LogP contribution in [0.3, 0.4) is 0 Å². The molecule has 1 amide bonds. The third-order valence-electron chi connectivity index (χ3n) is 4.43. The number of nitrogens with one attached hydrogen (secondary N) is 1. The molecule has 6 heteroatoms. The van der Waals surface area contributed by atoms with E-state index in [1.165, 1.54) is 35.0 Å². The fourth-order valence-corrected chi connectivity index (χ4v) is 3.53. The van der Waals surface area contributed by atoms with Crippen molar-refractivity contribution in [1.82, 2.24) is 14.9 Å². The molecule has 4 nitrogen and oxygen atoms in total. The lowest BCUT2D eigenvalue weighted by atomic mass is 10.0. The van der Waals surface area contributed by atoms with Gasteiger partial charge in [-0.2, -0.15) is 0 Å². The maximum absolute atomic E-state index is 13.5. The SMILES string of the molecule is Cc1ccc([C@@H](C)NC(=O)CSc2nccn2-c2cccc(F)c2)cc1C. The second-order valence-electron chi connectivity index (χ2n) is 6.48. The Bertz CT molecular complexity index is 954. The Morgan fingerprint density at radius 3 is 2.78 bits per heavy atom. The third-order valence-corrected chi connectivity index (χ3v) is 5.40. The first kappa shape index (κ1) is 19.2. The minimum Gasteiger partial charge on any atom is -0.349 e. The standard InChI is InChI=1S/C21H22FN3OS/c1-14-7-8-17(11-15(14)2)16(3)24-20(26)13-27-21-23-9-10-25(21)19-6-4-5-18(22)12-19/h4-12,16H,13H2,1-3H3,(H,24,26)/t16-/m1/s1. The van der Waals surface area contributed by atoms with Crippen LogP contribution in [0.5, 0.6) is 0 Å². The monoisotopic (exact) mass is 383 g/mol. The molecule has 0 aliphatic heterocycles. The summed E-state index contributed by atoms with van der Waals surface area (Å²) in [6.45, 7) is 6.11. The molecule has 0 saturated carbocycles. The van der Waals surface area contributed by atoms with Crippen molar-refractivity contribution in [2.24, 2.45) is 0 Å². The summed E-state index contributed by atoms with van der Waals surface area (Å²) in [5, 5.41) is 3.66. The van der Waals surface area contributed by atoms with E-state index in [0.717, 1.165) is 5.56 Å². The zero-order chi connectivity index (χ0) is 19.4. The highest BCUT2D eigenvalue weighted by Gasteiger charge is 2.13. The first-order valence-corrected chi connectivity index (χ1v) is 9.71. The second-order valence-corrected chi connectivity index (χ2v) is 7.42. The van der Waals surface area contributed by atoms with Crippen molar-refractivity contribution in [3.05, 3.63) is 77.4 Å². The Hall–Kier alpha value is -2.60. The number of thioether (sulfide) groups is 1. The first-order valence-electron chi connectivity index (χ1n) is 8.72. The van der Waals surface area contributed by atoms with Crippen molar-refractivity contribution < 1.29 is 9.18 Å². The number of aryl methyl sites for hydroxylation is 2. The van der Waals surface area contributed by atoms with Crippen LogP contribution in [0.2, 0.25) is 0 Å². The molecule has 1 N–H and O–H groups in total. The van der Waals surface area contributed by atoms with Crippen molar-refractivity contribution >= 4 is 17.7 Å². The molecular formula is C21H22FN3OS. The van der Waals surface area contributed by atoms with E-state index >= 15 is 0 Å². The first-order chi connectivity index (χ1) is 12.9. The van der Waals surface area contributed by atoms with Crippen LogP contribution < -0.4 is 5.32 Å². The number of imidazole rings is 1. The van der Waals surface area contributed by atoms with Crippen LogP contribution in [0.15, 0.2) is 60.0 Å². The second kappa shape index (κ2) is 8.39. The van der Waals surface area contributed by atoms with Crippen LogP contribution in [-0.2, 0) is 4.79 Å². The molecule has 3 rings (SSSR count). The Kier molecular flexibility index (Phi) is 5.96. The summed E-state index contributed by atoms with van der Waals surface area (Å²) in [4.78, 5) is 16.6. The van der Waals surface area contributed by atoms with Gasteiger partial charge in [-0.1, -0.05) is 36.0 Å². The molecule has 0 bridgehead atoms. The molecule has 0 unspecified atom stereocenters. The summed E-state index contributed by atoms with van der Waals surface area (Å²) in [6.07, 6.45) is 3.40. The molecule has 0 aliphatic rings. The van der Waals surface area contributed by atoms with Gasteiger partial charge in [0.25, 0.3) is 0 Å². The van der Waals surface area contributed by atoms with Crippen LogP contribution in [-0.4, -0.2) is 21.2 Å². The lowest BCUT2D eigenvalue weighted by Gasteiger charge is -2.15. The molecule has 0 fully saturated rings. The van der Waals surface area contributed by atoms with Gasteiger partial charge >= 0.3 is 0 Å². The molecule has 0 radical (unpaired) electrons. The average molecular weight is 383 g/mol. The Labute approximate surface area is 162 Å². The minimum absolute atomic E-state index is 0.0691. The summed E-state index contributed by atoms with van der Waals surface area (Å²) in [5.41, 5.74) is 4.20. The maximum Gasteiger partial charge on any atom is 0.230 e. The topological polar surface area (TPSA) is 46.9 Å². The van der Waals surface area contributed by atoms with E-state index in [2.05, 4.69) is 36.3 Å². The highest BCUT2D eigenvalue weighted by molar-refractivity contribution is 7.99. The number of hydrogen-bond donors (Lipinski definition) is 1. The number of carbonyl (C=O) groups excluding carboxylic acids is 1. The van der Waals surface area contributed by atoms with Gasteiger partial charge in [-0.25, -0.2) is 9.37 Å². The van der Waals surface area contributed by atoms with Gasteiger partial charge in [0, 0.05) is 12.4 Å². The van der Waals surface area contributed by atoms with E-state index in [1.807, 2.05) is 13.0 Å². The van der Waals surface area contributed by atoms with Crippen molar-refractivity contribution in [2.45, 2.75) is 32.0 Å². The molecule has 1 heterocycles. The maximum atomic E-state index is 13.5. The zero-order valence-corrected chi connectivity index (χ0v) is 16.4. The van der Waals surface area contributed by atoms with Gasteiger partial charge in [0.05, 0.1) is 17.5 Å². The van der Waals surface area contributed by atoms with Crippen LogP contribution in [0.25, 0.3) is 5.69 Å². The smallest absolute Gasteiger partial charge is 0.230 e. The molecule has 0 spiro atoms. The van der Waals surface area contributed by atoms with Crippen LogP contribution in [0.1, 0.15) is 29.7 Å². The number of benzene rings is 2. The van der Waals surface area contributed by atoms with Crippen molar-refractivity contribution in [3.8, 4) is 5.69 Å². The van der Waals surface area contributed by atoms with E-state index in [9.17, 15) is 9.18 Å². The molecular weight excluding hydrogens is 361 g/mol. The molecule has 1 atom stereocenters. The molecule has 0 saturated heterocycles. The number of aromatic nitrogens is 2. The lowest BCUT2D eigenvalue weighted by Crippen LogP contribution is -2.28. The number of halogens is 1. The largest absolute Gasteiger partial charge is 0.349 e. The van der Waals surface area contributed by atoms with Gasteiger partial charge in [-0.15, -0.1) is 0 Å². The normalized spacial score (nSPS) is 12.0. The third kappa shape index (κ3) is 4.77. The fraction of sp³-hybridized carbons (Fsp3) is 0.238. The number of hydrogen-bond acceptors (Lipinski definition) is 3. The molecule has 140 valence electrons. The van der Waals surface area contributed by atoms with Gasteiger partial charge in [0.2, 0.25) is 5.91 Å². The van der Waals surface area contributed by atoms with Gasteiger partial charge in [-0.3, -0.25) is 9.36 Å². The molecule has 3 aromatic rings. The summed E-state index contributed by atoms with van der Waals surface area (Å²) >= 11 is 1.32. The summed E-state index contributed by atoms with van der Waals surface area (Å²) in [7, 11) is 0. The lowest BCUT2D eigenvalue weighted by molar-refractivity contribution is -0.119. The Morgan fingerprint density at radius 1 is 1.22 bits per heavy atom. The summed E-state index contributed by atoms with van der Waals surface area (Å²) in [6, 6.07) is 12.4. The van der Waals surface area contributed by atoms with E-state index in [1.54, 1.807) is 29.1 Å². The highest BCUT2D eigenvalue weighted by Crippen LogP contribution is 2.22. The molecule has 0 aliphatic carbocycles. The van der Waals surface area contributed by atoms with Gasteiger partial charge in [0.15, 0.2) is 5.16 Å². The van der Waals surface area contributed by atoms with Gasteiger partial charge < -0.3 is 5.32 Å². The predicted octanol–water partition coefficient (Wildman–Crippen LogP) is 4.60. The van der Waals surface area contributed by atoms with E-state index in [-0.39, 0.29) is 23.5 Å². The average Bonchev–Trinajstić information content (AvgIpc) is 3.11. The van der Waals surface area contributed by atoms with Crippen LogP contribution >= 0.6 is 11.8 Å². The zero-order valence-electron chi connectivity index (χ0n) is 15.6. The highest BCUT2D eigenvalue weighted by atomic mass is 32.2. The predicted molar refractivity (Wildman–Crippen MR) is 107 cm³/mol. The number of nitrogens with zero attached hydrogens (tertiary/aromatic N) is 2.